The molecule has 2 nitrogen and oxygen atoms in total. The number of carbonyl (C=O) groups excluding carboxylic acids is 1. The molecule has 0 aromatic heterocycles. The van der Waals surface area contributed by atoms with Gasteiger partial charge in [0, 0.05) is 11.8 Å². The predicted octanol–water partition coefficient (Wildman–Crippen LogP) is 3.22. The molecule has 1 saturated carbocycles. The van der Waals surface area contributed by atoms with Gasteiger partial charge in [0.15, 0.2) is 0 Å². The predicted molar refractivity (Wildman–Crippen MR) is 68.8 cm³/mol. The molecule has 0 unspecified atom stereocenters. The van der Waals surface area contributed by atoms with Crippen LogP contribution in [-0.2, 0) is 16.7 Å². The van der Waals surface area contributed by atoms with Gasteiger partial charge in [-0.05, 0) is 24.5 Å². The quantitative estimate of drug-likeness (QED) is 0.901. The van der Waals surface area contributed by atoms with Crippen molar-refractivity contribution < 1.29 is 18.0 Å². The monoisotopic (exact) mass is 289 g/mol. The van der Waals surface area contributed by atoms with Crippen molar-refractivity contribution in [1.82, 2.24) is 5.32 Å². The van der Waals surface area contributed by atoms with Crippen LogP contribution in [-0.4, -0.2) is 17.7 Å². The first-order valence-corrected chi connectivity index (χ1v) is 7.14. The lowest BCUT2D eigenvalue weighted by molar-refractivity contribution is -0.137. The van der Waals surface area contributed by atoms with Crippen molar-refractivity contribution in [3.8, 4) is 0 Å². The van der Waals surface area contributed by atoms with Crippen LogP contribution >= 0.6 is 11.8 Å². The zero-order chi connectivity index (χ0) is 13.9. The molecule has 0 heterocycles. The number of alkyl halides is 3. The van der Waals surface area contributed by atoms with Gasteiger partial charge < -0.3 is 5.32 Å². The Morgan fingerprint density at radius 3 is 2.74 bits per heavy atom. The lowest BCUT2D eigenvalue weighted by Gasteiger charge is -2.08. The number of halogens is 3. The summed E-state index contributed by atoms with van der Waals surface area (Å²) < 4.78 is 37.5. The minimum absolute atomic E-state index is 0.0422. The molecule has 1 aromatic rings. The summed E-state index contributed by atoms with van der Waals surface area (Å²) in [5.74, 6) is 0.647. The van der Waals surface area contributed by atoms with Crippen molar-refractivity contribution in [2.24, 2.45) is 0 Å². The van der Waals surface area contributed by atoms with E-state index in [9.17, 15) is 18.0 Å². The van der Waals surface area contributed by atoms with E-state index >= 15 is 0 Å². The molecule has 1 aliphatic carbocycles. The third kappa shape index (κ3) is 4.78. The third-order valence-electron chi connectivity index (χ3n) is 2.70. The first kappa shape index (κ1) is 14.2. The van der Waals surface area contributed by atoms with E-state index < -0.39 is 11.7 Å². The Bertz CT molecular complexity index is 457. The molecule has 1 N–H and O–H groups in total. The van der Waals surface area contributed by atoms with E-state index in [2.05, 4.69) is 5.32 Å². The van der Waals surface area contributed by atoms with E-state index in [1.807, 2.05) is 0 Å². The molecule has 0 atom stereocenters. The fraction of sp³-hybridized carbons (Fsp3) is 0.462. The molecular weight excluding hydrogens is 275 g/mol. The van der Waals surface area contributed by atoms with Crippen molar-refractivity contribution in [2.45, 2.75) is 30.8 Å². The topological polar surface area (TPSA) is 29.1 Å². The number of benzene rings is 1. The van der Waals surface area contributed by atoms with Gasteiger partial charge >= 0.3 is 6.18 Å². The Hall–Kier alpha value is -1.17. The van der Waals surface area contributed by atoms with E-state index in [-0.39, 0.29) is 11.7 Å². The minimum Gasteiger partial charge on any atom is -0.353 e. The van der Waals surface area contributed by atoms with Gasteiger partial charge in [-0.25, -0.2) is 0 Å². The largest absolute Gasteiger partial charge is 0.416 e. The molecule has 1 aliphatic rings. The highest BCUT2D eigenvalue weighted by molar-refractivity contribution is 7.99. The number of carbonyl (C=O) groups is 1. The Kier molecular flexibility index (Phi) is 4.39. The van der Waals surface area contributed by atoms with Crippen molar-refractivity contribution >= 4 is 17.7 Å². The van der Waals surface area contributed by atoms with Crippen LogP contribution in [0.1, 0.15) is 24.0 Å². The molecule has 1 amide bonds. The number of rotatable bonds is 5. The first-order valence-electron chi connectivity index (χ1n) is 5.98. The van der Waals surface area contributed by atoms with E-state index in [0.717, 1.165) is 25.0 Å². The third-order valence-corrected chi connectivity index (χ3v) is 3.70. The van der Waals surface area contributed by atoms with Gasteiger partial charge in [0.2, 0.25) is 5.91 Å². The van der Waals surface area contributed by atoms with Crippen LogP contribution < -0.4 is 5.32 Å². The van der Waals surface area contributed by atoms with E-state index in [1.165, 1.54) is 17.8 Å². The van der Waals surface area contributed by atoms with Gasteiger partial charge in [-0.15, -0.1) is 11.8 Å². The standard InChI is InChI=1S/C13H14F3NOS/c14-13(15,16)10-3-1-2-9(6-10)7-19-8-12(18)17-11-4-5-11/h1-3,6,11H,4-5,7-8H2,(H,17,18). The second kappa shape index (κ2) is 5.86. The van der Waals surface area contributed by atoms with E-state index in [0.29, 0.717) is 17.4 Å². The maximum Gasteiger partial charge on any atom is 0.416 e. The van der Waals surface area contributed by atoms with Crippen LogP contribution in [0, 0.1) is 0 Å². The minimum atomic E-state index is -4.32. The molecule has 0 saturated heterocycles. The fourth-order valence-corrected chi connectivity index (χ4v) is 2.38. The molecule has 0 spiro atoms. The molecule has 0 radical (unpaired) electrons. The molecule has 2 rings (SSSR count). The summed E-state index contributed by atoms with van der Waals surface area (Å²) in [5.41, 5.74) is -0.0629. The molecular formula is C13H14F3NOS. The van der Waals surface area contributed by atoms with E-state index in [1.54, 1.807) is 6.07 Å². The molecule has 1 aromatic carbocycles. The van der Waals surface area contributed by atoms with Gasteiger partial charge in [-0.3, -0.25) is 4.79 Å². The van der Waals surface area contributed by atoms with Gasteiger partial charge in [0.25, 0.3) is 0 Å². The average molecular weight is 289 g/mol. The molecule has 0 bridgehead atoms. The van der Waals surface area contributed by atoms with Crippen LogP contribution in [0.2, 0.25) is 0 Å². The summed E-state index contributed by atoms with van der Waals surface area (Å²) in [7, 11) is 0. The van der Waals surface area contributed by atoms with E-state index in [4.69, 9.17) is 0 Å². The number of hydrogen-bond acceptors (Lipinski definition) is 2. The molecule has 104 valence electrons. The highest BCUT2D eigenvalue weighted by Crippen LogP contribution is 2.30. The molecule has 1 fully saturated rings. The van der Waals surface area contributed by atoms with Gasteiger partial charge in [0.1, 0.15) is 0 Å². The van der Waals surface area contributed by atoms with Crippen molar-refractivity contribution in [3.05, 3.63) is 35.4 Å². The summed E-state index contributed by atoms with van der Waals surface area (Å²) >= 11 is 1.32. The van der Waals surface area contributed by atoms with Crippen LogP contribution in [0.5, 0.6) is 0 Å². The van der Waals surface area contributed by atoms with Crippen LogP contribution in [0.25, 0.3) is 0 Å². The molecule has 0 aliphatic heterocycles. The highest BCUT2D eigenvalue weighted by atomic mass is 32.2. The lowest BCUT2D eigenvalue weighted by Crippen LogP contribution is -2.27. The first-order chi connectivity index (χ1) is 8.95. The number of thioether (sulfide) groups is 1. The molecule has 6 heteroatoms. The normalized spacial score (nSPS) is 15.3. The summed E-state index contributed by atoms with van der Waals surface area (Å²) in [6.07, 6.45) is -2.25. The second-order valence-electron chi connectivity index (χ2n) is 4.53. The smallest absolute Gasteiger partial charge is 0.353 e. The Morgan fingerprint density at radius 2 is 2.11 bits per heavy atom. The fourth-order valence-electron chi connectivity index (χ4n) is 1.60. The molecule has 19 heavy (non-hydrogen) atoms. The summed E-state index contributed by atoms with van der Waals surface area (Å²) in [6.45, 7) is 0. The summed E-state index contributed by atoms with van der Waals surface area (Å²) in [5, 5.41) is 2.84. The van der Waals surface area contributed by atoms with Gasteiger partial charge in [0.05, 0.1) is 11.3 Å². The van der Waals surface area contributed by atoms with Crippen LogP contribution in [0.4, 0.5) is 13.2 Å². The second-order valence-corrected chi connectivity index (χ2v) is 5.52. The van der Waals surface area contributed by atoms with Crippen molar-refractivity contribution in [3.63, 3.8) is 0 Å². The SMILES string of the molecule is O=C(CSCc1cccc(C(F)(F)F)c1)NC1CC1. The maximum atomic E-state index is 12.5. The zero-order valence-corrected chi connectivity index (χ0v) is 11.0. The Balaban J connectivity index is 1.80. The van der Waals surface area contributed by atoms with Crippen molar-refractivity contribution in [2.75, 3.05) is 5.75 Å². The number of nitrogens with one attached hydrogen (secondary N) is 1. The zero-order valence-electron chi connectivity index (χ0n) is 10.2. The van der Waals surface area contributed by atoms with Gasteiger partial charge in [-0.2, -0.15) is 13.2 Å². The van der Waals surface area contributed by atoms with Crippen LogP contribution in [0.3, 0.4) is 0 Å². The maximum absolute atomic E-state index is 12.5. The highest BCUT2D eigenvalue weighted by Gasteiger charge is 2.30. The number of hydrogen-bond donors (Lipinski definition) is 1. The summed E-state index contributed by atoms with van der Waals surface area (Å²) in [6, 6.07) is 5.53. The Labute approximate surface area is 113 Å². The average Bonchev–Trinajstić information content (AvgIpc) is 3.12. The Morgan fingerprint density at radius 1 is 1.37 bits per heavy atom. The number of amides is 1. The van der Waals surface area contributed by atoms with Gasteiger partial charge in [-0.1, -0.05) is 18.2 Å². The lowest BCUT2D eigenvalue weighted by atomic mass is 10.1. The van der Waals surface area contributed by atoms with Crippen LogP contribution in [0.15, 0.2) is 24.3 Å². The van der Waals surface area contributed by atoms with Crippen molar-refractivity contribution in [1.29, 1.82) is 0 Å². The summed E-state index contributed by atoms with van der Waals surface area (Å²) in [4.78, 5) is 11.4.